The van der Waals surface area contributed by atoms with Crippen LogP contribution in [0.3, 0.4) is 0 Å². The first-order valence-corrected chi connectivity index (χ1v) is 12.0. The Morgan fingerprint density at radius 3 is 2.45 bits per heavy atom. The van der Waals surface area contributed by atoms with Crippen LogP contribution in [0.5, 0.6) is 0 Å². The Hall–Kier alpha value is -3.51. The van der Waals surface area contributed by atoms with E-state index in [-0.39, 0.29) is 5.91 Å². The molecule has 0 spiro atoms. The normalized spacial score (nSPS) is 13.0. The van der Waals surface area contributed by atoms with Crippen molar-refractivity contribution in [1.82, 2.24) is 4.98 Å². The lowest BCUT2D eigenvalue weighted by atomic mass is 9.95. The summed E-state index contributed by atoms with van der Waals surface area (Å²) in [6.07, 6.45) is 3.87. The first-order chi connectivity index (χ1) is 15.9. The number of pyridine rings is 1. The Kier molecular flexibility index (Phi) is 5.46. The highest BCUT2D eigenvalue weighted by Crippen LogP contribution is 2.39. The van der Waals surface area contributed by atoms with E-state index in [1.807, 2.05) is 62.4 Å². The molecule has 0 aliphatic heterocycles. The molecular weight excluding hydrogens is 430 g/mol. The third kappa shape index (κ3) is 3.80. The van der Waals surface area contributed by atoms with Crippen molar-refractivity contribution in [2.24, 2.45) is 5.73 Å². The quantitative estimate of drug-likeness (QED) is 0.407. The van der Waals surface area contributed by atoms with Gasteiger partial charge in [-0.25, -0.2) is 4.98 Å². The zero-order valence-electron chi connectivity index (χ0n) is 18.7. The number of primary amides is 1. The van der Waals surface area contributed by atoms with Crippen molar-refractivity contribution < 1.29 is 9.59 Å². The number of carbonyl (C=O) groups is 2. The number of nitrogens with two attached hydrogens (primary N) is 1. The highest BCUT2D eigenvalue weighted by molar-refractivity contribution is 7.17. The standard InChI is InChI=1S/C27H25N3O2S/c1-15-11-13-17(14-12-15)24-16(2)22(18-7-3-5-9-20(18)29-24)26(32)30-27-23(25(28)31)19-8-4-6-10-21(19)33-27/h3,5,7,9,11-14H,4,6,8,10H2,1-2H3,(H2,28,31)(H,30,32). The maximum absolute atomic E-state index is 13.7. The van der Waals surface area contributed by atoms with Gasteiger partial charge in [0.25, 0.3) is 11.8 Å². The van der Waals surface area contributed by atoms with Crippen LogP contribution >= 0.6 is 11.3 Å². The second-order valence-electron chi connectivity index (χ2n) is 8.58. The fourth-order valence-corrected chi connectivity index (χ4v) is 5.96. The summed E-state index contributed by atoms with van der Waals surface area (Å²) in [7, 11) is 0. The summed E-state index contributed by atoms with van der Waals surface area (Å²) in [6.45, 7) is 3.97. The number of aromatic nitrogens is 1. The van der Waals surface area contributed by atoms with Crippen LogP contribution in [0.4, 0.5) is 5.00 Å². The van der Waals surface area contributed by atoms with E-state index < -0.39 is 5.91 Å². The molecule has 4 aromatic rings. The van der Waals surface area contributed by atoms with Crippen LogP contribution in [-0.4, -0.2) is 16.8 Å². The predicted octanol–water partition coefficient (Wildman–Crippen LogP) is 5.81. The minimum Gasteiger partial charge on any atom is -0.365 e. The molecule has 5 rings (SSSR count). The average molecular weight is 456 g/mol. The van der Waals surface area contributed by atoms with Gasteiger partial charge in [0.1, 0.15) is 5.00 Å². The minimum atomic E-state index is -0.485. The molecule has 0 unspecified atom stereocenters. The number of hydrogen-bond acceptors (Lipinski definition) is 4. The Labute approximate surface area is 196 Å². The van der Waals surface area contributed by atoms with Gasteiger partial charge in [0.15, 0.2) is 0 Å². The molecule has 6 heteroatoms. The monoisotopic (exact) mass is 455 g/mol. The fourth-order valence-electron chi connectivity index (χ4n) is 4.67. The first-order valence-electron chi connectivity index (χ1n) is 11.2. The summed E-state index contributed by atoms with van der Waals surface area (Å²) in [5.41, 5.74) is 12.2. The topological polar surface area (TPSA) is 85.1 Å². The van der Waals surface area contributed by atoms with Crippen molar-refractivity contribution >= 4 is 39.1 Å². The Morgan fingerprint density at radius 1 is 0.970 bits per heavy atom. The lowest BCUT2D eigenvalue weighted by molar-refractivity contribution is 0.100. The van der Waals surface area contributed by atoms with E-state index in [9.17, 15) is 9.59 Å². The van der Waals surface area contributed by atoms with E-state index >= 15 is 0 Å². The molecule has 2 amide bonds. The van der Waals surface area contributed by atoms with Crippen LogP contribution in [0.1, 0.15) is 55.1 Å². The van der Waals surface area contributed by atoms with Gasteiger partial charge in [-0.1, -0.05) is 48.0 Å². The molecule has 2 aromatic carbocycles. The number of nitrogens with one attached hydrogen (secondary N) is 1. The number of anilines is 1. The van der Waals surface area contributed by atoms with Crippen LogP contribution in [0.25, 0.3) is 22.2 Å². The zero-order valence-corrected chi connectivity index (χ0v) is 19.5. The van der Waals surface area contributed by atoms with Gasteiger partial charge in [-0.3, -0.25) is 9.59 Å². The van der Waals surface area contributed by atoms with Gasteiger partial charge in [0.05, 0.1) is 22.3 Å². The van der Waals surface area contributed by atoms with Gasteiger partial charge in [-0.15, -0.1) is 11.3 Å². The lowest BCUT2D eigenvalue weighted by Crippen LogP contribution is -2.19. The van der Waals surface area contributed by atoms with E-state index in [2.05, 4.69) is 5.32 Å². The van der Waals surface area contributed by atoms with E-state index in [1.165, 1.54) is 11.3 Å². The van der Waals surface area contributed by atoms with E-state index in [0.29, 0.717) is 16.1 Å². The Morgan fingerprint density at radius 2 is 1.70 bits per heavy atom. The zero-order chi connectivity index (χ0) is 23.1. The second kappa shape index (κ2) is 8.45. The van der Waals surface area contributed by atoms with Crippen LogP contribution in [0.2, 0.25) is 0 Å². The third-order valence-electron chi connectivity index (χ3n) is 6.33. The maximum atomic E-state index is 13.7. The molecule has 33 heavy (non-hydrogen) atoms. The minimum absolute atomic E-state index is 0.249. The van der Waals surface area contributed by atoms with Gasteiger partial charge < -0.3 is 11.1 Å². The van der Waals surface area contributed by atoms with Gasteiger partial charge in [-0.2, -0.15) is 0 Å². The molecule has 0 saturated carbocycles. The number of para-hydroxylation sites is 1. The summed E-state index contributed by atoms with van der Waals surface area (Å²) in [5.74, 6) is -0.734. The lowest BCUT2D eigenvalue weighted by Gasteiger charge is -2.15. The SMILES string of the molecule is Cc1ccc(-c2nc3ccccc3c(C(=O)Nc3sc4c(c3C(N)=O)CCCC4)c2C)cc1. The fraction of sp³-hybridized carbons (Fsp3) is 0.222. The van der Waals surface area contributed by atoms with Crippen molar-refractivity contribution in [2.75, 3.05) is 5.32 Å². The maximum Gasteiger partial charge on any atom is 0.257 e. The number of nitrogens with zero attached hydrogens (tertiary/aromatic N) is 1. The van der Waals surface area contributed by atoms with E-state index in [4.69, 9.17) is 10.7 Å². The van der Waals surface area contributed by atoms with Gasteiger partial charge in [0.2, 0.25) is 0 Å². The molecule has 0 bridgehead atoms. The predicted molar refractivity (Wildman–Crippen MR) is 134 cm³/mol. The largest absolute Gasteiger partial charge is 0.365 e. The van der Waals surface area contributed by atoms with Crippen LogP contribution in [0.15, 0.2) is 48.5 Å². The highest BCUT2D eigenvalue weighted by atomic mass is 32.1. The van der Waals surface area contributed by atoms with Crippen molar-refractivity contribution in [1.29, 1.82) is 0 Å². The Bertz CT molecular complexity index is 1400. The van der Waals surface area contributed by atoms with Gasteiger partial charge in [-0.05, 0) is 56.7 Å². The third-order valence-corrected chi connectivity index (χ3v) is 7.54. The Balaban J connectivity index is 1.64. The molecule has 1 aliphatic carbocycles. The van der Waals surface area contributed by atoms with Crippen LogP contribution in [-0.2, 0) is 12.8 Å². The molecule has 5 nitrogen and oxygen atoms in total. The molecular formula is C27H25N3O2S. The smallest absolute Gasteiger partial charge is 0.257 e. The molecule has 3 N–H and O–H groups in total. The van der Waals surface area contributed by atoms with Gasteiger partial charge >= 0.3 is 0 Å². The van der Waals surface area contributed by atoms with E-state index in [1.54, 1.807) is 0 Å². The molecule has 0 saturated heterocycles. The molecule has 2 heterocycles. The van der Waals surface area contributed by atoms with E-state index in [0.717, 1.165) is 69.4 Å². The van der Waals surface area contributed by atoms with Crippen LogP contribution in [0, 0.1) is 13.8 Å². The summed E-state index contributed by atoms with van der Waals surface area (Å²) in [6, 6.07) is 15.8. The number of fused-ring (bicyclic) bond motifs is 2. The summed E-state index contributed by atoms with van der Waals surface area (Å²) < 4.78 is 0. The summed E-state index contributed by atoms with van der Waals surface area (Å²) in [5, 5.41) is 4.37. The van der Waals surface area contributed by atoms with Crippen molar-refractivity contribution in [3.63, 3.8) is 0 Å². The summed E-state index contributed by atoms with van der Waals surface area (Å²) in [4.78, 5) is 32.0. The van der Waals surface area contributed by atoms with Gasteiger partial charge in [0, 0.05) is 15.8 Å². The first kappa shape index (κ1) is 21.3. The molecule has 0 radical (unpaired) electrons. The number of aryl methyl sites for hydroxylation is 2. The average Bonchev–Trinajstić information content (AvgIpc) is 3.17. The number of benzene rings is 2. The molecule has 2 aromatic heterocycles. The molecule has 166 valence electrons. The summed E-state index contributed by atoms with van der Waals surface area (Å²) >= 11 is 1.48. The number of rotatable bonds is 4. The number of hydrogen-bond donors (Lipinski definition) is 2. The molecule has 1 aliphatic rings. The van der Waals surface area contributed by atoms with Crippen LogP contribution < -0.4 is 11.1 Å². The number of carbonyl (C=O) groups excluding carboxylic acids is 2. The molecule has 0 fully saturated rings. The van der Waals surface area contributed by atoms with Crippen molar-refractivity contribution in [2.45, 2.75) is 39.5 Å². The highest BCUT2D eigenvalue weighted by Gasteiger charge is 2.26. The number of amides is 2. The molecule has 0 atom stereocenters. The van der Waals surface area contributed by atoms with Crippen molar-refractivity contribution in [3.05, 3.63) is 81.2 Å². The van der Waals surface area contributed by atoms with Crippen molar-refractivity contribution in [3.8, 4) is 11.3 Å². The number of thiophene rings is 1. The second-order valence-corrected chi connectivity index (χ2v) is 9.68.